The van der Waals surface area contributed by atoms with E-state index in [1.165, 1.54) is 11.3 Å². The molecule has 0 aliphatic carbocycles. The van der Waals surface area contributed by atoms with Crippen LogP contribution in [0.15, 0.2) is 34.4 Å². The van der Waals surface area contributed by atoms with E-state index in [0.717, 1.165) is 40.4 Å². The summed E-state index contributed by atoms with van der Waals surface area (Å²) in [4.78, 5) is 18.8. The van der Waals surface area contributed by atoms with Crippen molar-refractivity contribution in [2.45, 2.75) is 39.2 Å². The molecule has 1 aromatic carbocycles. The number of methoxy groups -OCH3 is 1. The number of benzene rings is 1. The van der Waals surface area contributed by atoms with Crippen molar-refractivity contribution in [1.29, 1.82) is 5.26 Å². The van der Waals surface area contributed by atoms with Crippen LogP contribution < -0.4 is 10.3 Å². The number of aromatic nitrogens is 2. The molecule has 0 aliphatic heterocycles. The number of hydrogen-bond donors (Lipinski definition) is 0. The molecule has 5 nitrogen and oxygen atoms in total. The maximum atomic E-state index is 13.2. The van der Waals surface area contributed by atoms with Gasteiger partial charge in [-0.25, -0.2) is 4.98 Å². The highest BCUT2D eigenvalue weighted by Gasteiger charge is 2.17. The Labute approximate surface area is 156 Å². The van der Waals surface area contributed by atoms with E-state index in [4.69, 9.17) is 15.0 Å². The van der Waals surface area contributed by atoms with Gasteiger partial charge in [0.05, 0.1) is 18.6 Å². The lowest BCUT2D eigenvalue weighted by atomic mass is 10.1. The van der Waals surface area contributed by atoms with Gasteiger partial charge in [0, 0.05) is 30.3 Å². The van der Waals surface area contributed by atoms with Crippen molar-refractivity contribution in [2.75, 3.05) is 7.11 Å². The number of rotatable bonds is 7. The van der Waals surface area contributed by atoms with Crippen molar-refractivity contribution in [3.63, 3.8) is 0 Å². The second-order valence-electron chi connectivity index (χ2n) is 6.06. The average Bonchev–Trinajstić information content (AvgIpc) is 3.08. The number of nitrogens with zero attached hydrogens (tertiary/aromatic N) is 3. The topological polar surface area (TPSA) is 67.9 Å². The molecule has 2 heterocycles. The number of nitriles is 1. The smallest absolute Gasteiger partial charge is 0.262 e. The molecular formula is C20H21N3O2S. The second kappa shape index (κ2) is 8.15. The molecule has 2 aromatic heterocycles. The van der Waals surface area contributed by atoms with E-state index in [0.29, 0.717) is 24.8 Å². The van der Waals surface area contributed by atoms with Gasteiger partial charge < -0.3 is 4.74 Å². The first-order valence-electron chi connectivity index (χ1n) is 8.71. The van der Waals surface area contributed by atoms with Gasteiger partial charge in [-0.3, -0.25) is 9.36 Å². The molecule has 0 unspecified atom stereocenters. The highest BCUT2D eigenvalue weighted by atomic mass is 32.1. The van der Waals surface area contributed by atoms with Crippen LogP contribution in [0.3, 0.4) is 0 Å². The summed E-state index contributed by atoms with van der Waals surface area (Å²) < 4.78 is 7.06. The van der Waals surface area contributed by atoms with Crippen molar-refractivity contribution in [3.8, 4) is 22.9 Å². The first-order valence-corrected chi connectivity index (χ1v) is 9.59. The standard InChI is InChI=1S/C20H21N3O2S/c1-3-7-17-22-19-18(20(24)23(17)11-5-4-10-21)16(13-26-19)14-8-6-9-15(12-14)25-2/h6,8-9,12-13H,3-5,7,11H2,1-2H3. The maximum absolute atomic E-state index is 13.2. The van der Waals surface area contributed by atoms with Gasteiger partial charge >= 0.3 is 0 Å². The Morgan fingerprint density at radius 2 is 2.23 bits per heavy atom. The number of hydrogen-bond acceptors (Lipinski definition) is 5. The lowest BCUT2D eigenvalue weighted by Gasteiger charge is -2.12. The molecular weight excluding hydrogens is 346 g/mol. The van der Waals surface area contributed by atoms with E-state index in [2.05, 4.69) is 13.0 Å². The summed E-state index contributed by atoms with van der Waals surface area (Å²) in [5, 5.41) is 11.4. The quantitative estimate of drug-likeness (QED) is 0.581. The maximum Gasteiger partial charge on any atom is 0.262 e. The lowest BCUT2D eigenvalue weighted by molar-refractivity contribution is 0.415. The first kappa shape index (κ1) is 18.2. The van der Waals surface area contributed by atoms with E-state index in [1.807, 2.05) is 29.6 Å². The predicted molar refractivity (Wildman–Crippen MR) is 105 cm³/mol. The van der Waals surface area contributed by atoms with E-state index in [9.17, 15) is 4.79 Å². The summed E-state index contributed by atoms with van der Waals surface area (Å²) in [6.45, 7) is 2.60. The Morgan fingerprint density at radius 3 is 2.96 bits per heavy atom. The molecule has 0 amide bonds. The van der Waals surface area contributed by atoms with Crippen molar-refractivity contribution < 1.29 is 4.74 Å². The molecule has 0 fully saturated rings. The van der Waals surface area contributed by atoms with E-state index in [1.54, 1.807) is 11.7 Å². The summed E-state index contributed by atoms with van der Waals surface area (Å²) in [5.74, 6) is 1.56. The molecule has 0 saturated heterocycles. The third kappa shape index (κ3) is 3.49. The summed E-state index contributed by atoms with van der Waals surface area (Å²) in [5.41, 5.74) is 1.82. The van der Waals surface area contributed by atoms with Crippen LogP contribution >= 0.6 is 11.3 Å². The Balaban J connectivity index is 2.17. The molecule has 0 spiro atoms. The molecule has 0 saturated carbocycles. The van der Waals surface area contributed by atoms with Gasteiger partial charge in [0.2, 0.25) is 0 Å². The van der Waals surface area contributed by atoms with E-state index in [-0.39, 0.29) is 5.56 Å². The van der Waals surface area contributed by atoms with Crippen molar-refractivity contribution >= 4 is 21.6 Å². The Morgan fingerprint density at radius 1 is 1.38 bits per heavy atom. The molecule has 6 heteroatoms. The Bertz CT molecular complexity index is 1010. The van der Waals surface area contributed by atoms with Crippen LogP contribution in [0.5, 0.6) is 5.75 Å². The lowest BCUT2D eigenvalue weighted by Crippen LogP contribution is -2.25. The predicted octanol–water partition coefficient (Wildman–Crippen LogP) is 4.39. The molecule has 134 valence electrons. The minimum Gasteiger partial charge on any atom is -0.497 e. The van der Waals surface area contributed by atoms with Crippen LogP contribution in [0.25, 0.3) is 21.3 Å². The van der Waals surface area contributed by atoms with E-state index >= 15 is 0 Å². The molecule has 0 N–H and O–H groups in total. The van der Waals surface area contributed by atoms with E-state index < -0.39 is 0 Å². The zero-order valence-electron chi connectivity index (χ0n) is 15.0. The highest BCUT2D eigenvalue weighted by molar-refractivity contribution is 7.17. The molecule has 26 heavy (non-hydrogen) atoms. The van der Waals surface area contributed by atoms with Gasteiger partial charge in [-0.05, 0) is 30.5 Å². The van der Waals surface area contributed by atoms with Crippen molar-refractivity contribution in [1.82, 2.24) is 9.55 Å². The van der Waals surface area contributed by atoms with Crippen LogP contribution in [0.4, 0.5) is 0 Å². The Kier molecular flexibility index (Phi) is 5.69. The van der Waals surface area contributed by atoms with Crippen LogP contribution in [-0.4, -0.2) is 16.7 Å². The van der Waals surface area contributed by atoms with Crippen molar-refractivity contribution in [2.24, 2.45) is 0 Å². The Hall–Kier alpha value is -2.65. The molecule has 3 aromatic rings. The third-order valence-corrected chi connectivity index (χ3v) is 5.17. The molecule has 3 rings (SSSR count). The average molecular weight is 367 g/mol. The summed E-state index contributed by atoms with van der Waals surface area (Å²) in [7, 11) is 1.63. The largest absolute Gasteiger partial charge is 0.497 e. The fourth-order valence-electron chi connectivity index (χ4n) is 3.03. The minimum atomic E-state index is -0.0181. The van der Waals surface area contributed by atoms with Gasteiger partial charge in [0.1, 0.15) is 16.4 Å². The van der Waals surface area contributed by atoms with Crippen molar-refractivity contribution in [3.05, 3.63) is 45.8 Å². The number of unbranched alkanes of at least 4 members (excludes halogenated alkanes) is 1. The van der Waals surface area contributed by atoms with Gasteiger partial charge in [0.25, 0.3) is 5.56 Å². The molecule has 0 bridgehead atoms. The zero-order valence-corrected chi connectivity index (χ0v) is 15.8. The first-order chi connectivity index (χ1) is 12.7. The molecule has 0 radical (unpaired) electrons. The second-order valence-corrected chi connectivity index (χ2v) is 6.92. The summed E-state index contributed by atoms with van der Waals surface area (Å²) in [6, 6.07) is 9.85. The van der Waals surface area contributed by atoms with Gasteiger partial charge in [-0.2, -0.15) is 5.26 Å². The van der Waals surface area contributed by atoms with Crippen LogP contribution in [-0.2, 0) is 13.0 Å². The van der Waals surface area contributed by atoms with Gasteiger partial charge in [-0.15, -0.1) is 11.3 Å². The number of aryl methyl sites for hydroxylation is 1. The van der Waals surface area contributed by atoms with Crippen LogP contribution in [0, 0.1) is 11.3 Å². The van der Waals surface area contributed by atoms with Gasteiger partial charge in [-0.1, -0.05) is 19.1 Å². The fraction of sp³-hybridized carbons (Fsp3) is 0.350. The van der Waals surface area contributed by atoms with Crippen LogP contribution in [0.2, 0.25) is 0 Å². The number of thiophene rings is 1. The zero-order chi connectivity index (χ0) is 18.5. The van der Waals surface area contributed by atoms with Crippen LogP contribution in [0.1, 0.15) is 32.0 Å². The molecule has 0 atom stereocenters. The van der Waals surface area contributed by atoms with Gasteiger partial charge in [0.15, 0.2) is 0 Å². The normalized spacial score (nSPS) is 10.8. The number of ether oxygens (including phenoxy) is 1. The highest BCUT2D eigenvalue weighted by Crippen LogP contribution is 2.32. The monoisotopic (exact) mass is 367 g/mol. The minimum absolute atomic E-state index is 0.0181. The SMILES string of the molecule is CCCc1nc2scc(-c3cccc(OC)c3)c2c(=O)n1CCCC#N. The summed E-state index contributed by atoms with van der Waals surface area (Å²) in [6.07, 6.45) is 2.76. The molecule has 0 aliphatic rings. The fourth-order valence-corrected chi connectivity index (χ4v) is 3.99. The number of fused-ring (bicyclic) bond motifs is 1. The summed E-state index contributed by atoms with van der Waals surface area (Å²) >= 11 is 1.50. The third-order valence-electron chi connectivity index (χ3n) is 4.30.